The van der Waals surface area contributed by atoms with E-state index in [1.807, 2.05) is 37.3 Å². The number of sulfonamides is 1. The summed E-state index contributed by atoms with van der Waals surface area (Å²) in [5.74, 6) is 0.512. The molecule has 0 aliphatic carbocycles. The van der Waals surface area contributed by atoms with Gasteiger partial charge >= 0.3 is 0 Å². The maximum Gasteiger partial charge on any atom is 0.252 e. The minimum absolute atomic E-state index is 0.0633. The Labute approximate surface area is 156 Å². The van der Waals surface area contributed by atoms with E-state index in [4.69, 9.17) is 4.74 Å². The number of benzene rings is 1. The summed E-state index contributed by atoms with van der Waals surface area (Å²) >= 11 is 1.31. The fraction of sp³-hybridized carbons (Fsp3) is 0.333. The van der Waals surface area contributed by atoms with Crippen LogP contribution in [0.2, 0.25) is 0 Å². The third kappa shape index (κ3) is 3.32. The average Bonchev–Trinajstić information content (AvgIpc) is 3.10. The number of aromatic nitrogens is 2. The second-order valence-corrected chi connectivity index (χ2v) is 9.78. The Balaban J connectivity index is 1.45. The van der Waals surface area contributed by atoms with Gasteiger partial charge in [-0.15, -0.1) is 16.4 Å². The minimum atomic E-state index is -3.40. The molecule has 1 aromatic carbocycles. The lowest BCUT2D eigenvalue weighted by Gasteiger charge is -2.30. The molecule has 4 rings (SSSR count). The van der Waals surface area contributed by atoms with Crippen LogP contribution in [0, 0.1) is 6.92 Å². The van der Waals surface area contributed by atoms with Crippen LogP contribution in [0.1, 0.15) is 17.7 Å². The van der Waals surface area contributed by atoms with Gasteiger partial charge in [0, 0.05) is 28.7 Å². The number of rotatable bonds is 4. The van der Waals surface area contributed by atoms with Gasteiger partial charge in [-0.3, -0.25) is 0 Å². The lowest BCUT2D eigenvalue weighted by molar-refractivity contribution is 0.130. The first-order valence-electron chi connectivity index (χ1n) is 8.48. The van der Waals surface area contributed by atoms with Crippen molar-refractivity contribution >= 4 is 32.1 Å². The standard InChI is InChI=1S/C18H19N3O3S2/c1-13-6-7-17(25-13)26(22,23)21-10-8-15(9-11-21)24-18-16-5-3-2-4-14(16)12-19-20-18/h2-7,12,15H,8-11H2,1H3. The van der Waals surface area contributed by atoms with E-state index in [1.54, 1.807) is 16.6 Å². The first kappa shape index (κ1) is 17.4. The summed E-state index contributed by atoms with van der Waals surface area (Å²) < 4.78 is 33.4. The zero-order chi connectivity index (χ0) is 18.1. The number of piperidine rings is 1. The summed E-state index contributed by atoms with van der Waals surface area (Å²) in [6.07, 6.45) is 2.91. The highest BCUT2D eigenvalue weighted by atomic mass is 32.2. The molecule has 0 radical (unpaired) electrons. The number of nitrogens with zero attached hydrogens (tertiary/aromatic N) is 3. The zero-order valence-corrected chi connectivity index (χ0v) is 16.0. The van der Waals surface area contributed by atoms with Crippen molar-refractivity contribution in [2.24, 2.45) is 0 Å². The van der Waals surface area contributed by atoms with Gasteiger partial charge in [0.2, 0.25) is 5.88 Å². The quantitative estimate of drug-likeness (QED) is 0.685. The topological polar surface area (TPSA) is 72.4 Å². The van der Waals surface area contributed by atoms with Crippen molar-refractivity contribution in [2.45, 2.75) is 30.1 Å². The van der Waals surface area contributed by atoms with Crippen molar-refractivity contribution in [2.75, 3.05) is 13.1 Å². The molecule has 6 nitrogen and oxygen atoms in total. The van der Waals surface area contributed by atoms with Crippen molar-refractivity contribution in [1.82, 2.24) is 14.5 Å². The van der Waals surface area contributed by atoms with Gasteiger partial charge < -0.3 is 4.74 Å². The molecule has 1 aliphatic heterocycles. The first-order chi connectivity index (χ1) is 12.5. The lowest BCUT2D eigenvalue weighted by Crippen LogP contribution is -2.41. The Morgan fingerprint density at radius 1 is 1.15 bits per heavy atom. The number of aryl methyl sites for hydroxylation is 1. The predicted molar refractivity (Wildman–Crippen MR) is 101 cm³/mol. The minimum Gasteiger partial charge on any atom is -0.473 e. The summed E-state index contributed by atoms with van der Waals surface area (Å²) in [7, 11) is -3.40. The highest BCUT2D eigenvalue weighted by Gasteiger charge is 2.31. The van der Waals surface area contributed by atoms with Gasteiger partial charge in [-0.25, -0.2) is 8.42 Å². The van der Waals surface area contributed by atoms with Gasteiger partial charge in [-0.2, -0.15) is 9.40 Å². The Morgan fingerprint density at radius 2 is 1.92 bits per heavy atom. The number of thiophene rings is 1. The van der Waals surface area contributed by atoms with E-state index in [0.29, 0.717) is 36.0 Å². The Hall–Kier alpha value is -2.03. The lowest BCUT2D eigenvalue weighted by atomic mass is 10.1. The van der Waals surface area contributed by atoms with E-state index in [9.17, 15) is 8.42 Å². The van der Waals surface area contributed by atoms with Crippen molar-refractivity contribution in [3.05, 3.63) is 47.5 Å². The SMILES string of the molecule is Cc1ccc(S(=O)(=O)N2CCC(Oc3nncc4ccccc34)CC2)s1. The highest BCUT2D eigenvalue weighted by molar-refractivity contribution is 7.91. The van der Waals surface area contributed by atoms with Gasteiger partial charge in [0.15, 0.2) is 0 Å². The number of hydrogen-bond acceptors (Lipinski definition) is 6. The molecule has 26 heavy (non-hydrogen) atoms. The second kappa shape index (κ2) is 6.94. The predicted octanol–water partition coefficient (Wildman–Crippen LogP) is 3.23. The molecule has 3 aromatic rings. The molecule has 3 heterocycles. The Bertz CT molecular complexity index is 1020. The molecule has 0 amide bonds. The summed E-state index contributed by atoms with van der Waals surface area (Å²) in [5.41, 5.74) is 0. The fourth-order valence-electron chi connectivity index (χ4n) is 3.11. The molecule has 2 aromatic heterocycles. The third-order valence-corrected chi connectivity index (χ3v) is 7.89. The van der Waals surface area contributed by atoms with Gasteiger partial charge in [-0.05, 0) is 38.0 Å². The number of fused-ring (bicyclic) bond motifs is 1. The Kier molecular flexibility index (Phi) is 4.64. The van der Waals surface area contributed by atoms with Crippen molar-refractivity contribution in [3.63, 3.8) is 0 Å². The van der Waals surface area contributed by atoms with Gasteiger partial charge in [0.1, 0.15) is 10.3 Å². The Morgan fingerprint density at radius 3 is 2.65 bits per heavy atom. The van der Waals surface area contributed by atoms with Crippen molar-refractivity contribution < 1.29 is 13.2 Å². The van der Waals surface area contributed by atoms with Crippen LogP contribution in [0.15, 0.2) is 46.8 Å². The molecule has 0 saturated carbocycles. The molecule has 0 N–H and O–H groups in total. The van der Waals surface area contributed by atoms with Crippen LogP contribution in [-0.2, 0) is 10.0 Å². The molecule has 1 aliphatic rings. The van der Waals surface area contributed by atoms with Gasteiger partial charge in [0.05, 0.1) is 6.20 Å². The van der Waals surface area contributed by atoms with Crippen LogP contribution in [0.4, 0.5) is 0 Å². The first-order valence-corrected chi connectivity index (χ1v) is 10.7. The molecule has 0 atom stereocenters. The third-order valence-electron chi connectivity index (χ3n) is 4.53. The van der Waals surface area contributed by atoms with Crippen molar-refractivity contribution in [3.8, 4) is 5.88 Å². The smallest absolute Gasteiger partial charge is 0.252 e. The van der Waals surface area contributed by atoms with Crippen LogP contribution < -0.4 is 4.74 Å². The van der Waals surface area contributed by atoms with E-state index in [0.717, 1.165) is 15.6 Å². The normalized spacial score (nSPS) is 16.8. The van der Waals surface area contributed by atoms with Crippen LogP contribution >= 0.6 is 11.3 Å². The average molecular weight is 390 g/mol. The zero-order valence-electron chi connectivity index (χ0n) is 14.3. The van der Waals surface area contributed by atoms with Gasteiger partial charge in [0.25, 0.3) is 10.0 Å². The molecular weight excluding hydrogens is 370 g/mol. The second-order valence-electron chi connectivity index (χ2n) is 6.32. The fourth-order valence-corrected chi connectivity index (χ4v) is 6.02. The van der Waals surface area contributed by atoms with Gasteiger partial charge in [-0.1, -0.05) is 18.2 Å². The molecule has 1 saturated heterocycles. The molecule has 0 bridgehead atoms. The molecule has 1 fully saturated rings. The summed E-state index contributed by atoms with van der Waals surface area (Å²) in [4.78, 5) is 0.997. The van der Waals surface area contributed by atoms with Crippen LogP contribution in [-0.4, -0.2) is 42.1 Å². The number of ether oxygens (including phenoxy) is 1. The summed E-state index contributed by atoms with van der Waals surface area (Å²) in [6, 6.07) is 11.3. The van der Waals surface area contributed by atoms with E-state index < -0.39 is 10.0 Å². The molecule has 8 heteroatoms. The largest absolute Gasteiger partial charge is 0.473 e. The van der Waals surface area contributed by atoms with E-state index in [1.165, 1.54) is 11.3 Å². The van der Waals surface area contributed by atoms with E-state index in [2.05, 4.69) is 10.2 Å². The molecular formula is C18H19N3O3S2. The van der Waals surface area contributed by atoms with Crippen molar-refractivity contribution in [1.29, 1.82) is 0 Å². The maximum atomic E-state index is 12.7. The number of hydrogen-bond donors (Lipinski definition) is 0. The molecule has 0 unspecified atom stereocenters. The van der Waals surface area contributed by atoms with Crippen LogP contribution in [0.3, 0.4) is 0 Å². The highest BCUT2D eigenvalue weighted by Crippen LogP contribution is 2.29. The van der Waals surface area contributed by atoms with Crippen LogP contribution in [0.5, 0.6) is 5.88 Å². The van der Waals surface area contributed by atoms with E-state index in [-0.39, 0.29) is 6.10 Å². The summed E-state index contributed by atoms with van der Waals surface area (Å²) in [6.45, 7) is 2.80. The maximum absolute atomic E-state index is 12.7. The summed E-state index contributed by atoms with van der Waals surface area (Å²) in [5, 5.41) is 10.0. The van der Waals surface area contributed by atoms with E-state index >= 15 is 0 Å². The molecule has 0 spiro atoms. The monoisotopic (exact) mass is 389 g/mol. The molecule has 136 valence electrons. The van der Waals surface area contributed by atoms with Crippen LogP contribution in [0.25, 0.3) is 10.8 Å².